The number of rotatable bonds is 7. The summed E-state index contributed by atoms with van der Waals surface area (Å²) in [5.41, 5.74) is 2.08. The molecule has 3 nitrogen and oxygen atoms in total. The second-order valence-electron chi connectivity index (χ2n) is 6.69. The molecule has 0 heterocycles. The Kier molecular flexibility index (Phi) is 7.02. The van der Waals surface area contributed by atoms with Gasteiger partial charge in [-0.3, -0.25) is 4.79 Å². The summed E-state index contributed by atoms with van der Waals surface area (Å²) in [5.74, 6) is 1.33. The molecule has 0 aliphatic carbocycles. The van der Waals surface area contributed by atoms with Crippen LogP contribution in [0.5, 0.6) is 5.75 Å². The Balaban J connectivity index is 2.89. The molecule has 0 aromatic heterocycles. The fourth-order valence-electron chi connectivity index (χ4n) is 2.09. The molecule has 1 aromatic rings. The zero-order valence-electron chi connectivity index (χ0n) is 15.7. The molecule has 24 heavy (non-hydrogen) atoms. The average molecular weight is 327 g/mol. The molecule has 1 rings (SSSR count). The fourth-order valence-corrected chi connectivity index (χ4v) is 2.09. The molecule has 1 aromatic carbocycles. The van der Waals surface area contributed by atoms with E-state index in [1.807, 2.05) is 12.1 Å². The van der Waals surface area contributed by atoms with Crippen LogP contribution in [0.15, 0.2) is 60.4 Å². The molecule has 3 heteroatoms. The van der Waals surface area contributed by atoms with E-state index in [1.54, 1.807) is 44.1 Å². The lowest BCUT2D eigenvalue weighted by Gasteiger charge is -2.23. The van der Waals surface area contributed by atoms with Crippen LogP contribution in [-0.2, 0) is 10.2 Å². The number of benzene rings is 1. The quantitative estimate of drug-likeness (QED) is 0.407. The largest absolute Gasteiger partial charge is 0.457 e. The van der Waals surface area contributed by atoms with Crippen LogP contribution in [0.4, 0.5) is 0 Å². The number of hydrogen-bond acceptors (Lipinski definition) is 2. The van der Waals surface area contributed by atoms with Crippen molar-refractivity contribution >= 4 is 5.91 Å². The minimum atomic E-state index is -0.0270. The van der Waals surface area contributed by atoms with Crippen molar-refractivity contribution in [2.24, 2.45) is 0 Å². The van der Waals surface area contributed by atoms with Crippen molar-refractivity contribution in [1.82, 2.24) is 4.90 Å². The summed E-state index contributed by atoms with van der Waals surface area (Å²) < 4.78 is 5.83. The van der Waals surface area contributed by atoms with Crippen LogP contribution in [0.1, 0.15) is 39.7 Å². The first-order valence-corrected chi connectivity index (χ1v) is 8.22. The topological polar surface area (TPSA) is 29.5 Å². The number of ether oxygens (including phenoxy) is 1. The minimum Gasteiger partial charge on any atom is -0.457 e. The summed E-state index contributed by atoms with van der Waals surface area (Å²) in [7, 11) is 3.46. The van der Waals surface area contributed by atoms with E-state index in [1.165, 1.54) is 5.56 Å². The predicted molar refractivity (Wildman–Crippen MR) is 101 cm³/mol. The van der Waals surface area contributed by atoms with Gasteiger partial charge in [-0.15, -0.1) is 0 Å². The number of allylic oxidation sites excluding steroid dienone is 3. The standard InChI is InChI=1S/C21H29NO2/c1-8-18(13-10-16(3)20(23)22(6)7)24-19-14-11-17(12-15-19)21(4,5)9-2/h8,10-15H,1,9H2,2-7H3/b16-10+,18-13+. The van der Waals surface area contributed by atoms with E-state index in [0.717, 1.165) is 12.2 Å². The Morgan fingerprint density at radius 1 is 1.21 bits per heavy atom. The number of amides is 1. The molecule has 0 N–H and O–H groups in total. The maximum atomic E-state index is 11.8. The first kappa shape index (κ1) is 19.8. The molecule has 130 valence electrons. The Morgan fingerprint density at radius 3 is 2.25 bits per heavy atom. The predicted octanol–water partition coefficient (Wildman–Crippen LogP) is 4.86. The average Bonchev–Trinajstić information content (AvgIpc) is 2.57. The second kappa shape index (κ2) is 8.53. The monoisotopic (exact) mass is 327 g/mol. The molecule has 0 saturated heterocycles. The van der Waals surface area contributed by atoms with E-state index in [4.69, 9.17) is 4.74 Å². The van der Waals surface area contributed by atoms with Crippen LogP contribution in [0.2, 0.25) is 0 Å². The Hall–Kier alpha value is -2.29. The van der Waals surface area contributed by atoms with Gasteiger partial charge in [0.25, 0.3) is 0 Å². The van der Waals surface area contributed by atoms with Crippen LogP contribution < -0.4 is 4.74 Å². The van der Waals surface area contributed by atoms with Gasteiger partial charge >= 0.3 is 0 Å². The highest BCUT2D eigenvalue weighted by Gasteiger charge is 2.17. The first-order valence-electron chi connectivity index (χ1n) is 8.22. The molecular formula is C21H29NO2. The van der Waals surface area contributed by atoms with E-state index in [-0.39, 0.29) is 11.3 Å². The summed E-state index contributed by atoms with van der Waals surface area (Å²) in [5, 5.41) is 0. The fraction of sp³-hybridized carbons (Fsp3) is 0.381. The van der Waals surface area contributed by atoms with Gasteiger partial charge in [0, 0.05) is 19.7 Å². The van der Waals surface area contributed by atoms with Crippen molar-refractivity contribution in [2.75, 3.05) is 14.1 Å². The molecular weight excluding hydrogens is 298 g/mol. The maximum Gasteiger partial charge on any atom is 0.248 e. The summed E-state index contributed by atoms with van der Waals surface area (Å²) in [6.45, 7) is 12.2. The van der Waals surface area contributed by atoms with E-state index in [0.29, 0.717) is 11.3 Å². The van der Waals surface area contributed by atoms with Gasteiger partial charge in [-0.05, 0) is 48.6 Å². The molecule has 0 aliphatic heterocycles. The molecule has 0 unspecified atom stereocenters. The Morgan fingerprint density at radius 2 is 1.79 bits per heavy atom. The van der Waals surface area contributed by atoms with E-state index in [2.05, 4.69) is 39.5 Å². The molecule has 0 bridgehead atoms. The van der Waals surface area contributed by atoms with Gasteiger partial charge in [0.15, 0.2) is 0 Å². The number of nitrogens with zero attached hydrogens (tertiary/aromatic N) is 1. The summed E-state index contributed by atoms with van der Waals surface area (Å²) in [6, 6.07) is 8.11. The van der Waals surface area contributed by atoms with Crippen molar-refractivity contribution in [3.05, 3.63) is 66.0 Å². The van der Waals surface area contributed by atoms with Crippen molar-refractivity contribution in [3.8, 4) is 5.75 Å². The first-order chi connectivity index (χ1) is 11.2. The van der Waals surface area contributed by atoms with Gasteiger partial charge in [-0.1, -0.05) is 45.6 Å². The third kappa shape index (κ3) is 5.41. The zero-order chi connectivity index (χ0) is 18.3. The van der Waals surface area contributed by atoms with Crippen LogP contribution in [0.25, 0.3) is 0 Å². The highest BCUT2D eigenvalue weighted by molar-refractivity contribution is 5.92. The third-order valence-corrected chi connectivity index (χ3v) is 4.20. The van der Waals surface area contributed by atoms with Crippen molar-refractivity contribution in [3.63, 3.8) is 0 Å². The summed E-state index contributed by atoms with van der Waals surface area (Å²) >= 11 is 0. The Labute approximate surface area is 146 Å². The number of carbonyl (C=O) groups excluding carboxylic acids is 1. The van der Waals surface area contributed by atoms with Crippen LogP contribution in [0, 0.1) is 0 Å². The molecule has 0 fully saturated rings. The number of carbonyl (C=O) groups is 1. The number of likely N-dealkylation sites (N-methyl/N-ethyl adjacent to an activating group) is 1. The lowest BCUT2D eigenvalue weighted by atomic mass is 9.82. The third-order valence-electron chi connectivity index (χ3n) is 4.20. The maximum absolute atomic E-state index is 11.8. The van der Waals surface area contributed by atoms with E-state index < -0.39 is 0 Å². The van der Waals surface area contributed by atoms with Gasteiger partial charge in [0.2, 0.25) is 5.91 Å². The van der Waals surface area contributed by atoms with Gasteiger partial charge in [-0.25, -0.2) is 0 Å². The van der Waals surface area contributed by atoms with Gasteiger partial charge in [-0.2, -0.15) is 0 Å². The van der Waals surface area contributed by atoms with Crippen molar-refractivity contribution in [1.29, 1.82) is 0 Å². The van der Waals surface area contributed by atoms with Gasteiger partial charge in [0.05, 0.1) is 0 Å². The SMILES string of the molecule is C=C/C(=C\C=C(/C)C(=O)N(C)C)Oc1ccc(C(C)(C)CC)cc1. The van der Waals surface area contributed by atoms with Crippen LogP contribution in [0.3, 0.4) is 0 Å². The van der Waals surface area contributed by atoms with E-state index >= 15 is 0 Å². The lowest BCUT2D eigenvalue weighted by molar-refractivity contribution is -0.124. The Bertz CT molecular complexity index is 634. The smallest absolute Gasteiger partial charge is 0.248 e. The molecule has 0 spiro atoms. The normalized spacial score (nSPS) is 12.8. The molecule has 1 amide bonds. The highest BCUT2D eigenvalue weighted by atomic mass is 16.5. The molecule has 0 radical (unpaired) electrons. The minimum absolute atomic E-state index is 0.0270. The molecule has 0 saturated carbocycles. The molecule has 0 atom stereocenters. The van der Waals surface area contributed by atoms with Crippen LogP contribution in [-0.4, -0.2) is 24.9 Å². The lowest BCUT2D eigenvalue weighted by Crippen LogP contribution is -2.22. The summed E-state index contributed by atoms with van der Waals surface area (Å²) in [4.78, 5) is 13.4. The highest BCUT2D eigenvalue weighted by Crippen LogP contribution is 2.28. The van der Waals surface area contributed by atoms with Gasteiger partial charge < -0.3 is 9.64 Å². The zero-order valence-corrected chi connectivity index (χ0v) is 15.7. The molecule has 0 aliphatic rings. The van der Waals surface area contributed by atoms with Crippen molar-refractivity contribution in [2.45, 2.75) is 39.5 Å². The second-order valence-corrected chi connectivity index (χ2v) is 6.69. The van der Waals surface area contributed by atoms with Gasteiger partial charge in [0.1, 0.15) is 11.5 Å². The van der Waals surface area contributed by atoms with E-state index in [9.17, 15) is 4.79 Å². The number of hydrogen-bond donors (Lipinski definition) is 0. The van der Waals surface area contributed by atoms with Crippen molar-refractivity contribution < 1.29 is 9.53 Å². The summed E-state index contributed by atoms with van der Waals surface area (Å²) in [6.07, 6.45) is 6.21. The van der Waals surface area contributed by atoms with Crippen LogP contribution >= 0.6 is 0 Å².